The molecule has 1 amide bonds. The summed E-state index contributed by atoms with van der Waals surface area (Å²) in [5, 5.41) is 3.04. The molecule has 2 aromatic carbocycles. The van der Waals surface area contributed by atoms with E-state index in [2.05, 4.69) is 24.4 Å². The third-order valence-corrected chi connectivity index (χ3v) is 8.13. The lowest BCUT2D eigenvalue weighted by atomic mass is 9.96. The first-order chi connectivity index (χ1) is 13.9. The number of carbonyl (C=O) groups excluding carboxylic acids is 1. The van der Waals surface area contributed by atoms with E-state index in [1.165, 1.54) is 9.87 Å². The van der Waals surface area contributed by atoms with E-state index in [0.29, 0.717) is 37.4 Å². The highest BCUT2D eigenvalue weighted by Gasteiger charge is 2.32. The third-order valence-electron chi connectivity index (χ3n) is 5.47. The lowest BCUT2D eigenvalue weighted by Crippen LogP contribution is -2.43. The Balaban J connectivity index is 1.52. The van der Waals surface area contributed by atoms with E-state index >= 15 is 0 Å². The van der Waals surface area contributed by atoms with Crippen LogP contribution in [0, 0.1) is 5.92 Å². The second-order valence-electron chi connectivity index (χ2n) is 7.41. The highest BCUT2D eigenvalue weighted by Crippen LogP contribution is 2.25. The van der Waals surface area contributed by atoms with E-state index in [9.17, 15) is 13.2 Å². The fourth-order valence-electron chi connectivity index (χ4n) is 3.55. The maximum Gasteiger partial charge on any atom is 0.243 e. The lowest BCUT2D eigenvalue weighted by molar-refractivity contribution is -0.126. The first-order valence-corrected chi connectivity index (χ1v) is 12.5. The van der Waals surface area contributed by atoms with Crippen LogP contribution in [-0.4, -0.2) is 44.5 Å². The van der Waals surface area contributed by atoms with Crippen LogP contribution >= 0.6 is 11.8 Å². The summed E-state index contributed by atoms with van der Waals surface area (Å²) in [5.74, 6) is 0.127. The topological polar surface area (TPSA) is 66.5 Å². The number of sulfonamides is 1. The van der Waals surface area contributed by atoms with Crippen LogP contribution in [0.4, 0.5) is 0 Å². The molecule has 0 saturated carbocycles. The average molecular weight is 433 g/mol. The van der Waals surface area contributed by atoms with Crippen LogP contribution in [0.15, 0.2) is 64.4 Å². The van der Waals surface area contributed by atoms with E-state index in [0.717, 1.165) is 4.90 Å². The summed E-state index contributed by atoms with van der Waals surface area (Å²) in [5.41, 5.74) is 1.20. The molecule has 1 fully saturated rings. The van der Waals surface area contributed by atoms with Gasteiger partial charge in [0.1, 0.15) is 0 Å². The van der Waals surface area contributed by atoms with Crippen molar-refractivity contribution in [1.82, 2.24) is 9.62 Å². The largest absolute Gasteiger partial charge is 0.355 e. The number of carbonyl (C=O) groups is 1. The number of hydrogen-bond donors (Lipinski definition) is 1. The molecule has 0 aromatic heterocycles. The Morgan fingerprint density at radius 1 is 1.10 bits per heavy atom. The van der Waals surface area contributed by atoms with Crippen molar-refractivity contribution in [2.45, 2.75) is 35.5 Å². The lowest BCUT2D eigenvalue weighted by Gasteiger charge is -2.30. The number of rotatable bonds is 7. The van der Waals surface area contributed by atoms with Crippen molar-refractivity contribution in [2.24, 2.45) is 5.92 Å². The summed E-state index contributed by atoms with van der Waals surface area (Å²) in [6.45, 7) is 3.42. The van der Waals surface area contributed by atoms with Gasteiger partial charge in [0.25, 0.3) is 0 Å². The molecular formula is C22H28N2O3S2. The number of benzene rings is 2. The van der Waals surface area contributed by atoms with Crippen molar-refractivity contribution in [1.29, 1.82) is 0 Å². The predicted molar refractivity (Wildman–Crippen MR) is 118 cm³/mol. The van der Waals surface area contributed by atoms with Crippen molar-refractivity contribution in [2.75, 3.05) is 25.9 Å². The summed E-state index contributed by atoms with van der Waals surface area (Å²) in [6.07, 6.45) is 3.06. The Bertz CT molecular complexity index is 907. The molecule has 1 atom stereocenters. The molecule has 1 aliphatic heterocycles. The molecule has 1 aliphatic rings. The van der Waals surface area contributed by atoms with Crippen LogP contribution in [0.25, 0.3) is 0 Å². The number of nitrogens with one attached hydrogen (secondary N) is 1. The van der Waals surface area contributed by atoms with Gasteiger partial charge in [0.15, 0.2) is 0 Å². The number of hydrogen-bond acceptors (Lipinski definition) is 4. The minimum atomic E-state index is -3.51. The molecule has 1 N–H and O–H groups in total. The van der Waals surface area contributed by atoms with Crippen molar-refractivity contribution in [3.63, 3.8) is 0 Å². The van der Waals surface area contributed by atoms with Gasteiger partial charge in [-0.2, -0.15) is 4.31 Å². The molecule has 29 heavy (non-hydrogen) atoms. The van der Waals surface area contributed by atoms with Crippen molar-refractivity contribution in [3.05, 3.63) is 60.2 Å². The van der Waals surface area contributed by atoms with Gasteiger partial charge in [-0.3, -0.25) is 4.79 Å². The van der Waals surface area contributed by atoms with E-state index in [1.54, 1.807) is 23.9 Å². The van der Waals surface area contributed by atoms with Gasteiger partial charge in [-0.15, -0.1) is 11.8 Å². The molecule has 5 nitrogen and oxygen atoms in total. The Kier molecular flexibility index (Phi) is 7.38. The Morgan fingerprint density at radius 3 is 2.31 bits per heavy atom. The molecule has 3 rings (SSSR count). The first kappa shape index (κ1) is 21.9. The molecule has 1 heterocycles. The average Bonchev–Trinajstić information content (AvgIpc) is 2.78. The maximum absolute atomic E-state index is 12.9. The monoisotopic (exact) mass is 432 g/mol. The molecule has 1 saturated heterocycles. The number of nitrogens with zero attached hydrogens (tertiary/aromatic N) is 1. The van der Waals surface area contributed by atoms with E-state index < -0.39 is 10.0 Å². The number of amides is 1. The van der Waals surface area contributed by atoms with Gasteiger partial charge < -0.3 is 5.32 Å². The zero-order chi connectivity index (χ0) is 20.9. The Labute approximate surface area is 177 Å². The summed E-state index contributed by atoms with van der Waals surface area (Å²) >= 11 is 1.58. The standard InChI is InChI=1S/C22H28N2O3S2/c1-17(18-6-4-3-5-7-18)16-23-22(25)19-12-14-24(15-13-19)29(26,27)21-10-8-20(28-2)9-11-21/h3-11,17,19H,12-16H2,1-2H3,(H,23,25). The third kappa shape index (κ3) is 5.41. The fraction of sp³-hybridized carbons (Fsp3) is 0.409. The van der Waals surface area contributed by atoms with Crippen LogP contribution in [0.1, 0.15) is 31.2 Å². The molecule has 0 spiro atoms. The first-order valence-electron chi connectivity index (χ1n) is 9.88. The van der Waals surface area contributed by atoms with Gasteiger partial charge in [-0.05, 0) is 54.8 Å². The van der Waals surface area contributed by atoms with Gasteiger partial charge in [0, 0.05) is 30.4 Å². The van der Waals surface area contributed by atoms with Gasteiger partial charge in [0.2, 0.25) is 15.9 Å². The highest BCUT2D eigenvalue weighted by molar-refractivity contribution is 7.98. The van der Waals surface area contributed by atoms with Crippen molar-refractivity contribution >= 4 is 27.7 Å². The zero-order valence-corrected chi connectivity index (χ0v) is 18.5. The van der Waals surface area contributed by atoms with Crippen molar-refractivity contribution < 1.29 is 13.2 Å². The van der Waals surface area contributed by atoms with Crippen LogP contribution in [0.3, 0.4) is 0 Å². The van der Waals surface area contributed by atoms with Crippen LogP contribution in [0.5, 0.6) is 0 Å². The Morgan fingerprint density at radius 2 is 1.72 bits per heavy atom. The number of piperidine rings is 1. The Hall–Kier alpha value is -1.83. The fourth-order valence-corrected chi connectivity index (χ4v) is 5.43. The second kappa shape index (κ2) is 9.78. The molecule has 0 aliphatic carbocycles. The SMILES string of the molecule is CSc1ccc(S(=O)(=O)N2CCC(C(=O)NCC(C)c3ccccc3)CC2)cc1. The maximum atomic E-state index is 12.9. The van der Waals surface area contributed by atoms with E-state index in [-0.39, 0.29) is 17.7 Å². The van der Waals surface area contributed by atoms with Crippen LogP contribution in [0.2, 0.25) is 0 Å². The number of thioether (sulfide) groups is 1. The van der Waals surface area contributed by atoms with E-state index in [1.807, 2.05) is 36.6 Å². The normalized spacial score (nSPS) is 17.0. The molecule has 1 unspecified atom stereocenters. The highest BCUT2D eigenvalue weighted by atomic mass is 32.2. The van der Waals surface area contributed by atoms with E-state index in [4.69, 9.17) is 0 Å². The van der Waals surface area contributed by atoms with Gasteiger partial charge >= 0.3 is 0 Å². The summed E-state index contributed by atoms with van der Waals surface area (Å²) in [4.78, 5) is 13.9. The summed E-state index contributed by atoms with van der Waals surface area (Å²) in [6, 6.07) is 17.1. The zero-order valence-electron chi connectivity index (χ0n) is 16.9. The minimum absolute atomic E-state index is 0.0224. The molecule has 0 radical (unpaired) electrons. The van der Waals surface area contributed by atoms with Gasteiger partial charge in [-0.25, -0.2) is 8.42 Å². The summed E-state index contributed by atoms with van der Waals surface area (Å²) < 4.78 is 27.2. The minimum Gasteiger partial charge on any atom is -0.355 e. The molecular weight excluding hydrogens is 404 g/mol. The molecule has 2 aromatic rings. The molecule has 0 bridgehead atoms. The molecule has 7 heteroatoms. The van der Waals surface area contributed by atoms with Gasteiger partial charge in [0.05, 0.1) is 4.90 Å². The smallest absolute Gasteiger partial charge is 0.243 e. The predicted octanol–water partition coefficient (Wildman–Crippen LogP) is 3.73. The molecule has 156 valence electrons. The van der Waals surface area contributed by atoms with Gasteiger partial charge in [-0.1, -0.05) is 37.3 Å². The van der Waals surface area contributed by atoms with Crippen LogP contribution < -0.4 is 5.32 Å². The van der Waals surface area contributed by atoms with Crippen molar-refractivity contribution in [3.8, 4) is 0 Å². The second-order valence-corrected chi connectivity index (χ2v) is 10.2. The quantitative estimate of drug-likeness (QED) is 0.677. The van der Waals surface area contributed by atoms with Crippen LogP contribution in [-0.2, 0) is 14.8 Å². The summed E-state index contributed by atoms with van der Waals surface area (Å²) in [7, 11) is -3.51.